The van der Waals surface area contributed by atoms with E-state index in [9.17, 15) is 4.79 Å². The van der Waals surface area contributed by atoms with Crippen LogP contribution in [0.2, 0.25) is 0 Å². The van der Waals surface area contributed by atoms with Crippen LogP contribution in [0.3, 0.4) is 0 Å². The molecule has 0 saturated carbocycles. The molecule has 0 bridgehead atoms. The van der Waals surface area contributed by atoms with E-state index in [1.54, 1.807) is 11.1 Å². The quantitative estimate of drug-likeness (QED) is 0.741. The summed E-state index contributed by atoms with van der Waals surface area (Å²) in [4.78, 5) is 22.0. The average molecular weight is 220 g/mol. The van der Waals surface area contributed by atoms with Crippen molar-refractivity contribution in [2.45, 2.75) is 25.8 Å². The van der Waals surface area contributed by atoms with Gasteiger partial charge in [-0.2, -0.15) is 0 Å². The number of carbonyl (C=O) groups excluding carboxylic acids is 1. The van der Waals surface area contributed by atoms with Gasteiger partial charge in [-0.3, -0.25) is 9.78 Å². The normalized spacial score (nSPS) is 17.5. The van der Waals surface area contributed by atoms with Crippen LogP contribution in [0.1, 0.15) is 29.0 Å². The molecule has 0 aromatic carbocycles. The lowest BCUT2D eigenvalue weighted by Gasteiger charge is -2.29. The third-order valence-electron chi connectivity index (χ3n) is 2.83. The number of aryl methyl sites for hydroxylation is 1. The number of nitrogens with two attached hydrogens (primary N) is 1. The fourth-order valence-electron chi connectivity index (χ4n) is 1.77. The first-order chi connectivity index (χ1) is 7.66. The van der Waals surface area contributed by atoms with Gasteiger partial charge in [0.15, 0.2) is 0 Å². The highest BCUT2D eigenvalue weighted by Crippen LogP contribution is 2.11. The molecule has 1 aliphatic rings. The zero-order valence-electron chi connectivity index (χ0n) is 9.39. The lowest BCUT2D eigenvalue weighted by atomic mass is 10.1. The van der Waals surface area contributed by atoms with Crippen molar-refractivity contribution in [3.8, 4) is 0 Å². The fourth-order valence-corrected chi connectivity index (χ4v) is 1.77. The molecule has 0 aliphatic carbocycles. The van der Waals surface area contributed by atoms with Crippen LogP contribution in [0.5, 0.6) is 0 Å². The Morgan fingerprint density at radius 3 is 2.62 bits per heavy atom. The zero-order chi connectivity index (χ0) is 11.5. The molecule has 1 saturated heterocycles. The van der Waals surface area contributed by atoms with E-state index in [1.807, 2.05) is 6.92 Å². The Hall–Kier alpha value is -1.49. The molecule has 1 aromatic heterocycles. The van der Waals surface area contributed by atoms with Crippen molar-refractivity contribution in [1.82, 2.24) is 14.9 Å². The SMILES string of the molecule is Cc1cnc(C(=O)N2CCC(N)CC2)cn1. The number of rotatable bonds is 1. The van der Waals surface area contributed by atoms with Gasteiger partial charge in [-0.1, -0.05) is 0 Å². The predicted octanol–water partition coefficient (Wildman–Crippen LogP) is 0.348. The van der Waals surface area contributed by atoms with Gasteiger partial charge in [-0.15, -0.1) is 0 Å². The van der Waals surface area contributed by atoms with Gasteiger partial charge in [0.2, 0.25) is 0 Å². The fraction of sp³-hybridized carbons (Fsp3) is 0.545. The number of aromatic nitrogens is 2. The summed E-state index contributed by atoms with van der Waals surface area (Å²) in [5, 5.41) is 0. The first-order valence-electron chi connectivity index (χ1n) is 5.50. The van der Waals surface area contributed by atoms with Crippen LogP contribution < -0.4 is 5.73 Å². The number of likely N-dealkylation sites (tertiary alicyclic amines) is 1. The lowest BCUT2D eigenvalue weighted by Crippen LogP contribution is -2.43. The first kappa shape index (κ1) is 11.0. The van der Waals surface area contributed by atoms with Gasteiger partial charge in [0.05, 0.1) is 11.9 Å². The van der Waals surface area contributed by atoms with Crippen molar-refractivity contribution < 1.29 is 4.79 Å². The van der Waals surface area contributed by atoms with Gasteiger partial charge in [0.1, 0.15) is 5.69 Å². The number of hydrogen-bond acceptors (Lipinski definition) is 4. The largest absolute Gasteiger partial charge is 0.337 e. The number of hydrogen-bond donors (Lipinski definition) is 1. The van der Waals surface area contributed by atoms with Gasteiger partial charge in [-0.05, 0) is 19.8 Å². The number of nitrogens with zero attached hydrogens (tertiary/aromatic N) is 3. The molecule has 86 valence electrons. The second kappa shape index (κ2) is 4.57. The molecule has 2 heterocycles. The van der Waals surface area contributed by atoms with Crippen LogP contribution in [-0.2, 0) is 0 Å². The summed E-state index contributed by atoms with van der Waals surface area (Å²) in [6.07, 6.45) is 4.88. The van der Waals surface area contributed by atoms with Crippen molar-refractivity contribution in [3.05, 3.63) is 23.8 Å². The van der Waals surface area contributed by atoms with Crippen LogP contribution in [0.15, 0.2) is 12.4 Å². The molecular formula is C11H16N4O. The smallest absolute Gasteiger partial charge is 0.274 e. The van der Waals surface area contributed by atoms with Gasteiger partial charge in [-0.25, -0.2) is 4.98 Å². The minimum Gasteiger partial charge on any atom is -0.337 e. The monoisotopic (exact) mass is 220 g/mol. The molecule has 1 aliphatic heterocycles. The van der Waals surface area contributed by atoms with Gasteiger partial charge < -0.3 is 10.6 Å². The first-order valence-corrected chi connectivity index (χ1v) is 5.50. The summed E-state index contributed by atoms with van der Waals surface area (Å²) in [6, 6.07) is 0.230. The van der Waals surface area contributed by atoms with Crippen LogP contribution in [0, 0.1) is 6.92 Å². The highest BCUT2D eigenvalue weighted by atomic mass is 16.2. The molecule has 1 fully saturated rings. The Labute approximate surface area is 94.7 Å². The third-order valence-corrected chi connectivity index (χ3v) is 2.83. The maximum Gasteiger partial charge on any atom is 0.274 e. The number of carbonyl (C=O) groups is 1. The standard InChI is InChI=1S/C11H16N4O/c1-8-6-14-10(7-13-8)11(16)15-4-2-9(12)3-5-15/h6-7,9H,2-5,12H2,1H3. The van der Waals surface area contributed by atoms with Crippen LogP contribution in [-0.4, -0.2) is 39.9 Å². The minimum absolute atomic E-state index is 0.0422. The van der Waals surface area contributed by atoms with Crippen molar-refractivity contribution >= 4 is 5.91 Å². The molecule has 2 N–H and O–H groups in total. The molecule has 0 radical (unpaired) electrons. The van der Waals surface area contributed by atoms with E-state index >= 15 is 0 Å². The minimum atomic E-state index is -0.0422. The van der Waals surface area contributed by atoms with Crippen molar-refractivity contribution in [3.63, 3.8) is 0 Å². The highest BCUT2D eigenvalue weighted by Gasteiger charge is 2.22. The topological polar surface area (TPSA) is 72.1 Å². The summed E-state index contributed by atoms with van der Waals surface area (Å²) in [5.41, 5.74) is 7.02. The Morgan fingerprint density at radius 2 is 2.06 bits per heavy atom. The molecule has 0 spiro atoms. The summed E-state index contributed by atoms with van der Waals surface area (Å²) in [6.45, 7) is 3.28. The second-order valence-electron chi connectivity index (χ2n) is 4.17. The molecule has 1 amide bonds. The Balaban J connectivity index is 2.05. The average Bonchev–Trinajstić information content (AvgIpc) is 2.30. The summed E-state index contributed by atoms with van der Waals surface area (Å²) in [5.74, 6) is -0.0422. The van der Waals surface area contributed by atoms with Crippen molar-refractivity contribution in [2.75, 3.05) is 13.1 Å². The van der Waals surface area contributed by atoms with E-state index in [0.717, 1.165) is 31.6 Å². The van der Waals surface area contributed by atoms with Crippen molar-refractivity contribution in [1.29, 1.82) is 0 Å². The van der Waals surface area contributed by atoms with E-state index in [4.69, 9.17) is 5.73 Å². The van der Waals surface area contributed by atoms with E-state index < -0.39 is 0 Å². The molecule has 2 rings (SSSR count). The Bertz CT molecular complexity index is 368. The lowest BCUT2D eigenvalue weighted by molar-refractivity contribution is 0.0708. The van der Waals surface area contributed by atoms with E-state index in [1.165, 1.54) is 6.20 Å². The van der Waals surface area contributed by atoms with Gasteiger partial charge in [0.25, 0.3) is 5.91 Å². The zero-order valence-corrected chi connectivity index (χ0v) is 9.39. The molecule has 16 heavy (non-hydrogen) atoms. The molecule has 5 heteroatoms. The van der Waals surface area contributed by atoms with Gasteiger partial charge in [0, 0.05) is 25.3 Å². The van der Waals surface area contributed by atoms with Crippen LogP contribution in [0.25, 0.3) is 0 Å². The summed E-state index contributed by atoms with van der Waals surface area (Å²) >= 11 is 0. The van der Waals surface area contributed by atoms with Crippen LogP contribution >= 0.6 is 0 Å². The van der Waals surface area contributed by atoms with Crippen LogP contribution in [0.4, 0.5) is 0 Å². The number of piperidine rings is 1. The molecule has 1 aromatic rings. The highest BCUT2D eigenvalue weighted by molar-refractivity contribution is 5.92. The number of amides is 1. The van der Waals surface area contributed by atoms with E-state index in [-0.39, 0.29) is 11.9 Å². The maximum atomic E-state index is 12.0. The Kier molecular flexibility index (Phi) is 3.14. The maximum absolute atomic E-state index is 12.0. The Morgan fingerprint density at radius 1 is 1.38 bits per heavy atom. The molecule has 5 nitrogen and oxygen atoms in total. The predicted molar refractivity (Wildman–Crippen MR) is 59.9 cm³/mol. The second-order valence-corrected chi connectivity index (χ2v) is 4.17. The van der Waals surface area contributed by atoms with E-state index in [2.05, 4.69) is 9.97 Å². The summed E-state index contributed by atoms with van der Waals surface area (Å²) < 4.78 is 0. The molecule has 0 atom stereocenters. The third kappa shape index (κ3) is 2.36. The van der Waals surface area contributed by atoms with Crippen molar-refractivity contribution in [2.24, 2.45) is 5.73 Å². The summed E-state index contributed by atoms with van der Waals surface area (Å²) in [7, 11) is 0. The van der Waals surface area contributed by atoms with Gasteiger partial charge >= 0.3 is 0 Å². The molecule has 0 unspecified atom stereocenters. The van der Waals surface area contributed by atoms with E-state index in [0.29, 0.717) is 5.69 Å². The molecular weight excluding hydrogens is 204 g/mol.